The zero-order valence-corrected chi connectivity index (χ0v) is 17.7. The number of aryl methyl sites for hydroxylation is 1. The molecule has 2 rings (SSSR count). The fourth-order valence-corrected chi connectivity index (χ4v) is 2.63. The van der Waals surface area contributed by atoms with Gasteiger partial charge in [-0.1, -0.05) is 31.2 Å². The average molecular weight is 414 g/mol. The fraction of sp³-hybridized carbons (Fsp3) is 0.348. The Morgan fingerprint density at radius 3 is 2.23 bits per heavy atom. The number of nitrogens with one attached hydrogen (secondary N) is 2. The molecule has 6 nitrogen and oxygen atoms in total. The van der Waals surface area contributed by atoms with E-state index in [0.717, 1.165) is 18.1 Å². The van der Waals surface area contributed by atoms with Crippen LogP contribution in [-0.2, 0) is 16.0 Å². The molecule has 0 unspecified atom stereocenters. The molecule has 0 aromatic heterocycles. The molecule has 0 radical (unpaired) electrons. The molecule has 2 amide bonds. The zero-order valence-electron chi connectivity index (χ0n) is 17.7. The summed E-state index contributed by atoms with van der Waals surface area (Å²) < 4.78 is 19.1. The van der Waals surface area contributed by atoms with Gasteiger partial charge < -0.3 is 10.1 Å². The maximum Gasteiger partial charge on any atom is 0.412 e. The van der Waals surface area contributed by atoms with Gasteiger partial charge in [0.1, 0.15) is 11.4 Å². The number of carbonyl (C=O) groups is 3. The standard InChI is InChI=1S/C23H27FN2O4/c1-5-15-6-8-16(9-7-15)20(27)12-13-21(28)25-17-10-11-18(24)19(14-17)26-22(29)30-23(2,3)4/h6-11,14H,5,12-13H2,1-4H3,(H,25,28)(H,26,29). The predicted octanol–water partition coefficient (Wildman–Crippen LogP) is 5.34. The van der Waals surface area contributed by atoms with Crippen LogP contribution in [0.5, 0.6) is 0 Å². The smallest absolute Gasteiger partial charge is 0.412 e. The third-order valence-corrected chi connectivity index (χ3v) is 4.15. The third-order valence-electron chi connectivity index (χ3n) is 4.15. The molecule has 160 valence electrons. The number of ketones is 1. The van der Waals surface area contributed by atoms with Crippen molar-refractivity contribution >= 4 is 29.2 Å². The van der Waals surface area contributed by atoms with Crippen molar-refractivity contribution in [2.24, 2.45) is 0 Å². The molecule has 2 N–H and O–H groups in total. The largest absolute Gasteiger partial charge is 0.444 e. The highest BCUT2D eigenvalue weighted by Gasteiger charge is 2.18. The van der Waals surface area contributed by atoms with Gasteiger partial charge in [0.15, 0.2) is 5.78 Å². The lowest BCUT2D eigenvalue weighted by molar-refractivity contribution is -0.116. The van der Waals surface area contributed by atoms with Crippen LogP contribution >= 0.6 is 0 Å². The number of Topliss-reactive ketones (excluding diaryl/α,β-unsaturated/α-hetero) is 1. The number of hydrogen-bond acceptors (Lipinski definition) is 4. The lowest BCUT2D eigenvalue weighted by Gasteiger charge is -2.20. The van der Waals surface area contributed by atoms with Gasteiger partial charge in [0.2, 0.25) is 5.91 Å². The summed E-state index contributed by atoms with van der Waals surface area (Å²) in [4.78, 5) is 36.3. The van der Waals surface area contributed by atoms with E-state index in [0.29, 0.717) is 11.3 Å². The van der Waals surface area contributed by atoms with Gasteiger partial charge in [0.25, 0.3) is 0 Å². The Kier molecular flexibility index (Phi) is 7.69. The van der Waals surface area contributed by atoms with E-state index in [4.69, 9.17) is 4.74 Å². The summed E-state index contributed by atoms with van der Waals surface area (Å²) in [6.07, 6.45) is 0.131. The van der Waals surface area contributed by atoms with Crippen LogP contribution in [0.15, 0.2) is 42.5 Å². The van der Waals surface area contributed by atoms with Crippen molar-refractivity contribution in [2.45, 2.75) is 52.6 Å². The third kappa shape index (κ3) is 7.31. The normalized spacial score (nSPS) is 11.0. The molecular formula is C23H27FN2O4. The minimum atomic E-state index is -0.801. The molecule has 0 aliphatic rings. The van der Waals surface area contributed by atoms with E-state index in [-0.39, 0.29) is 30.2 Å². The highest BCUT2D eigenvalue weighted by Crippen LogP contribution is 2.21. The van der Waals surface area contributed by atoms with Gasteiger partial charge in [0, 0.05) is 24.1 Å². The summed E-state index contributed by atoms with van der Waals surface area (Å²) in [5.74, 6) is -1.17. The van der Waals surface area contributed by atoms with Gasteiger partial charge in [-0.25, -0.2) is 9.18 Å². The maximum absolute atomic E-state index is 14.0. The molecule has 0 bridgehead atoms. The van der Waals surface area contributed by atoms with Crippen molar-refractivity contribution in [3.8, 4) is 0 Å². The Morgan fingerprint density at radius 1 is 0.967 bits per heavy atom. The van der Waals surface area contributed by atoms with E-state index in [9.17, 15) is 18.8 Å². The minimum absolute atomic E-state index is 0.0133. The van der Waals surface area contributed by atoms with Crippen molar-refractivity contribution in [3.05, 3.63) is 59.4 Å². The Balaban J connectivity index is 1.92. The van der Waals surface area contributed by atoms with E-state index in [1.807, 2.05) is 19.1 Å². The summed E-state index contributed by atoms with van der Waals surface area (Å²) in [7, 11) is 0. The van der Waals surface area contributed by atoms with E-state index in [2.05, 4.69) is 10.6 Å². The van der Waals surface area contributed by atoms with Gasteiger partial charge in [-0.3, -0.25) is 14.9 Å². The summed E-state index contributed by atoms with van der Waals surface area (Å²) in [5, 5.41) is 4.93. The monoisotopic (exact) mass is 414 g/mol. The number of anilines is 2. The minimum Gasteiger partial charge on any atom is -0.444 e. The second-order valence-corrected chi connectivity index (χ2v) is 7.84. The van der Waals surface area contributed by atoms with Crippen LogP contribution in [0.4, 0.5) is 20.6 Å². The number of amides is 2. The van der Waals surface area contributed by atoms with E-state index in [1.54, 1.807) is 32.9 Å². The molecule has 0 saturated heterocycles. The second-order valence-electron chi connectivity index (χ2n) is 7.84. The van der Waals surface area contributed by atoms with Crippen molar-refractivity contribution < 1.29 is 23.5 Å². The van der Waals surface area contributed by atoms with Crippen LogP contribution < -0.4 is 10.6 Å². The first-order valence-corrected chi connectivity index (χ1v) is 9.79. The molecule has 0 heterocycles. The molecule has 0 aliphatic heterocycles. The summed E-state index contributed by atoms with van der Waals surface area (Å²) in [6.45, 7) is 7.11. The average Bonchev–Trinajstić information content (AvgIpc) is 2.67. The molecule has 0 atom stereocenters. The number of hydrogen-bond donors (Lipinski definition) is 2. The fourth-order valence-electron chi connectivity index (χ4n) is 2.63. The number of ether oxygens (including phenoxy) is 1. The molecule has 0 spiro atoms. The molecule has 0 fully saturated rings. The first-order chi connectivity index (χ1) is 14.1. The van der Waals surface area contributed by atoms with Crippen LogP contribution in [0.2, 0.25) is 0 Å². The van der Waals surface area contributed by atoms with Crippen LogP contribution in [0.25, 0.3) is 0 Å². The van der Waals surface area contributed by atoms with E-state index >= 15 is 0 Å². The van der Waals surface area contributed by atoms with Gasteiger partial charge in [-0.05, 0) is 51.0 Å². The van der Waals surface area contributed by atoms with Gasteiger partial charge in [-0.15, -0.1) is 0 Å². The molecule has 0 saturated carbocycles. The van der Waals surface area contributed by atoms with Crippen molar-refractivity contribution in [3.63, 3.8) is 0 Å². The topological polar surface area (TPSA) is 84.5 Å². The number of carbonyl (C=O) groups excluding carboxylic acids is 3. The number of benzene rings is 2. The molecule has 2 aromatic rings. The predicted molar refractivity (Wildman–Crippen MR) is 114 cm³/mol. The van der Waals surface area contributed by atoms with Crippen molar-refractivity contribution in [2.75, 3.05) is 10.6 Å². The highest BCUT2D eigenvalue weighted by atomic mass is 19.1. The molecule has 0 aliphatic carbocycles. The van der Waals surface area contributed by atoms with Gasteiger partial charge in [-0.2, -0.15) is 0 Å². The number of rotatable bonds is 7. The Labute approximate surface area is 175 Å². The summed E-state index contributed by atoms with van der Waals surface area (Å²) in [5.41, 5.74) is 1.15. The molecule has 30 heavy (non-hydrogen) atoms. The van der Waals surface area contributed by atoms with Gasteiger partial charge in [0.05, 0.1) is 5.69 Å². The Morgan fingerprint density at radius 2 is 1.63 bits per heavy atom. The molecule has 7 heteroatoms. The Hall–Kier alpha value is -3.22. The summed E-state index contributed by atoms with van der Waals surface area (Å²) >= 11 is 0. The van der Waals surface area contributed by atoms with Crippen LogP contribution in [0, 0.1) is 5.82 Å². The quantitative estimate of drug-likeness (QED) is 0.599. The van der Waals surface area contributed by atoms with Crippen molar-refractivity contribution in [1.29, 1.82) is 0 Å². The first-order valence-electron chi connectivity index (χ1n) is 9.79. The number of halogens is 1. The lowest BCUT2D eigenvalue weighted by atomic mass is 10.0. The molecule has 2 aromatic carbocycles. The molecular weight excluding hydrogens is 387 g/mol. The highest BCUT2D eigenvalue weighted by molar-refractivity contribution is 6.00. The lowest BCUT2D eigenvalue weighted by Crippen LogP contribution is -2.27. The van der Waals surface area contributed by atoms with E-state index in [1.165, 1.54) is 12.1 Å². The van der Waals surface area contributed by atoms with Crippen LogP contribution in [-0.4, -0.2) is 23.4 Å². The van der Waals surface area contributed by atoms with Crippen LogP contribution in [0.1, 0.15) is 56.5 Å². The second kappa shape index (κ2) is 10.0. The van der Waals surface area contributed by atoms with Crippen molar-refractivity contribution in [1.82, 2.24) is 0 Å². The Bertz CT molecular complexity index is 918. The first kappa shape index (κ1) is 23.1. The van der Waals surface area contributed by atoms with Gasteiger partial charge >= 0.3 is 6.09 Å². The van der Waals surface area contributed by atoms with E-state index < -0.39 is 17.5 Å². The zero-order chi connectivity index (χ0) is 22.3. The van der Waals surface area contributed by atoms with Crippen LogP contribution in [0.3, 0.4) is 0 Å². The SMILES string of the molecule is CCc1ccc(C(=O)CCC(=O)Nc2ccc(F)c(NC(=O)OC(C)(C)C)c2)cc1. The maximum atomic E-state index is 14.0. The summed E-state index contributed by atoms with van der Waals surface area (Å²) in [6, 6.07) is 11.1.